The van der Waals surface area contributed by atoms with Crippen molar-refractivity contribution in [2.75, 3.05) is 0 Å². The van der Waals surface area contributed by atoms with Crippen molar-refractivity contribution in [3.8, 4) is 11.5 Å². The number of benzene rings is 1. The van der Waals surface area contributed by atoms with Gasteiger partial charge in [-0.2, -0.15) is 0 Å². The second-order valence-corrected chi connectivity index (χ2v) is 4.82. The highest BCUT2D eigenvalue weighted by Crippen LogP contribution is 2.33. The maximum absolute atomic E-state index is 11.1. The molecule has 102 valence electrons. The Balaban J connectivity index is 2.30. The molecule has 1 aromatic carbocycles. The highest BCUT2D eigenvalue weighted by molar-refractivity contribution is 9.10. The number of nitro benzene ring substituents is 1. The zero-order chi connectivity index (χ0) is 14.7. The minimum atomic E-state index is -0.530. The third-order valence-electron chi connectivity index (χ3n) is 2.44. The number of nitro groups is 1. The molecular weight excluding hydrogens is 328 g/mol. The number of rotatable bonds is 4. The second-order valence-electron chi connectivity index (χ2n) is 3.91. The quantitative estimate of drug-likeness (QED) is 0.482. The number of nitrogens with zero attached hydrogens (tertiary/aromatic N) is 2. The van der Waals surface area contributed by atoms with E-state index in [2.05, 4.69) is 20.9 Å². The van der Waals surface area contributed by atoms with Crippen LogP contribution in [0, 0.1) is 10.1 Å². The minimum absolute atomic E-state index is 0.107. The first kappa shape index (κ1) is 14.1. The van der Waals surface area contributed by atoms with E-state index in [-0.39, 0.29) is 17.2 Å². The van der Waals surface area contributed by atoms with Gasteiger partial charge in [-0.25, -0.2) is 4.98 Å². The lowest BCUT2D eigenvalue weighted by Crippen LogP contribution is -1.97. The van der Waals surface area contributed by atoms with Gasteiger partial charge in [-0.15, -0.1) is 0 Å². The Morgan fingerprint density at radius 2 is 2.10 bits per heavy atom. The van der Waals surface area contributed by atoms with Crippen molar-refractivity contribution >= 4 is 27.4 Å². The number of hydrogen-bond acceptors (Lipinski definition) is 5. The summed E-state index contributed by atoms with van der Waals surface area (Å²) in [5.41, 5.74) is 0.151. The smallest absolute Gasteiger partial charge is 0.312 e. The van der Waals surface area contributed by atoms with Crippen LogP contribution in [0.4, 0.5) is 5.69 Å². The largest absolute Gasteiger partial charge is 0.449 e. The van der Waals surface area contributed by atoms with E-state index in [4.69, 9.17) is 4.74 Å². The zero-order valence-corrected chi connectivity index (χ0v) is 12.0. The molecule has 0 aliphatic rings. The van der Waals surface area contributed by atoms with Crippen LogP contribution < -0.4 is 4.74 Å². The van der Waals surface area contributed by atoms with Crippen LogP contribution in [-0.4, -0.2) is 15.7 Å². The zero-order valence-electron chi connectivity index (χ0n) is 10.4. The maximum Gasteiger partial charge on any atom is 0.312 e. The van der Waals surface area contributed by atoms with Gasteiger partial charge in [0, 0.05) is 17.5 Å². The Labute approximate surface area is 122 Å². The standard InChI is InChI=1S/C13H9BrN2O4/c1-8(17)11-4-3-10(7-15-11)20-13-5-2-9(14)6-12(13)16(18)19/h2-7H,1H3. The first-order chi connectivity index (χ1) is 9.47. The average molecular weight is 337 g/mol. The lowest BCUT2D eigenvalue weighted by atomic mass is 10.2. The topological polar surface area (TPSA) is 82.3 Å². The number of carbonyl (C=O) groups excluding carboxylic acids is 1. The SMILES string of the molecule is CC(=O)c1ccc(Oc2ccc(Br)cc2[N+](=O)[O-])cn1. The predicted molar refractivity (Wildman–Crippen MR) is 75.1 cm³/mol. The van der Waals surface area contributed by atoms with Crippen molar-refractivity contribution in [1.82, 2.24) is 4.98 Å². The molecule has 7 heteroatoms. The van der Waals surface area contributed by atoms with Gasteiger partial charge in [0.15, 0.2) is 5.78 Å². The van der Waals surface area contributed by atoms with Gasteiger partial charge in [-0.1, -0.05) is 15.9 Å². The summed E-state index contributed by atoms with van der Waals surface area (Å²) in [6.45, 7) is 1.41. The van der Waals surface area contributed by atoms with Crippen LogP contribution in [0.2, 0.25) is 0 Å². The summed E-state index contributed by atoms with van der Waals surface area (Å²) >= 11 is 3.17. The van der Waals surface area contributed by atoms with Gasteiger partial charge in [0.05, 0.1) is 11.1 Å². The monoisotopic (exact) mass is 336 g/mol. The van der Waals surface area contributed by atoms with Gasteiger partial charge in [-0.05, 0) is 24.3 Å². The Kier molecular flexibility index (Phi) is 4.09. The fourth-order valence-electron chi connectivity index (χ4n) is 1.50. The van der Waals surface area contributed by atoms with Gasteiger partial charge < -0.3 is 4.74 Å². The highest BCUT2D eigenvalue weighted by atomic mass is 79.9. The molecule has 0 radical (unpaired) electrons. The van der Waals surface area contributed by atoms with Crippen molar-refractivity contribution in [2.24, 2.45) is 0 Å². The lowest BCUT2D eigenvalue weighted by Gasteiger charge is -2.06. The molecule has 6 nitrogen and oxygen atoms in total. The van der Waals surface area contributed by atoms with E-state index in [0.717, 1.165) is 0 Å². The van der Waals surface area contributed by atoms with Crippen molar-refractivity contribution in [3.05, 3.63) is 56.8 Å². The average Bonchev–Trinajstić information content (AvgIpc) is 2.41. The summed E-state index contributed by atoms with van der Waals surface area (Å²) in [5.74, 6) is 0.266. The normalized spacial score (nSPS) is 10.1. The summed E-state index contributed by atoms with van der Waals surface area (Å²) in [5, 5.41) is 11.0. The Bertz CT molecular complexity index is 671. The molecule has 0 fully saturated rings. The molecule has 0 saturated carbocycles. The number of ketones is 1. The molecule has 0 aliphatic carbocycles. The van der Waals surface area contributed by atoms with E-state index < -0.39 is 4.92 Å². The molecule has 1 heterocycles. The molecular formula is C13H9BrN2O4. The highest BCUT2D eigenvalue weighted by Gasteiger charge is 2.16. The molecule has 0 atom stereocenters. The summed E-state index contributed by atoms with van der Waals surface area (Å²) in [6.07, 6.45) is 1.35. The van der Waals surface area contributed by atoms with Crippen LogP contribution >= 0.6 is 15.9 Å². The van der Waals surface area contributed by atoms with Crippen molar-refractivity contribution in [2.45, 2.75) is 6.92 Å². The van der Waals surface area contributed by atoms with E-state index in [9.17, 15) is 14.9 Å². The van der Waals surface area contributed by atoms with Gasteiger partial charge in [0.1, 0.15) is 11.4 Å². The van der Waals surface area contributed by atoms with E-state index in [1.807, 2.05) is 0 Å². The molecule has 0 amide bonds. The fourth-order valence-corrected chi connectivity index (χ4v) is 1.84. The number of carbonyl (C=O) groups is 1. The molecule has 0 aliphatic heterocycles. The second kappa shape index (κ2) is 5.79. The molecule has 1 aromatic heterocycles. The van der Waals surface area contributed by atoms with Crippen molar-refractivity contribution in [3.63, 3.8) is 0 Å². The summed E-state index contributed by atoms with van der Waals surface area (Å²) in [6, 6.07) is 7.52. The van der Waals surface area contributed by atoms with Crippen LogP contribution in [-0.2, 0) is 0 Å². The molecule has 2 aromatic rings. The summed E-state index contributed by atoms with van der Waals surface area (Å²) < 4.78 is 6.01. The maximum atomic E-state index is 11.1. The van der Waals surface area contributed by atoms with Gasteiger partial charge in [0.2, 0.25) is 5.75 Å². The van der Waals surface area contributed by atoms with Crippen LogP contribution in [0.5, 0.6) is 11.5 Å². The van der Waals surface area contributed by atoms with Gasteiger partial charge in [-0.3, -0.25) is 14.9 Å². The van der Waals surface area contributed by atoms with Crippen LogP contribution in [0.1, 0.15) is 17.4 Å². The van der Waals surface area contributed by atoms with Crippen molar-refractivity contribution in [1.29, 1.82) is 0 Å². The van der Waals surface area contributed by atoms with Crippen molar-refractivity contribution < 1.29 is 14.5 Å². The summed E-state index contributed by atoms with van der Waals surface area (Å²) in [4.78, 5) is 25.4. The first-order valence-corrected chi connectivity index (χ1v) is 6.35. The number of pyridine rings is 1. The molecule has 0 N–H and O–H groups in total. The predicted octanol–water partition coefficient (Wildman–Crippen LogP) is 3.75. The Morgan fingerprint density at radius 1 is 1.35 bits per heavy atom. The van der Waals surface area contributed by atoms with Gasteiger partial charge >= 0.3 is 5.69 Å². The molecule has 2 rings (SSSR count). The molecule has 0 spiro atoms. The van der Waals surface area contributed by atoms with Crippen LogP contribution in [0.25, 0.3) is 0 Å². The van der Waals surface area contributed by atoms with Crippen LogP contribution in [0.15, 0.2) is 41.0 Å². The van der Waals surface area contributed by atoms with E-state index in [1.54, 1.807) is 6.07 Å². The number of Topliss-reactive ketones (excluding diaryl/α,β-unsaturated/α-hetero) is 1. The number of ether oxygens (including phenoxy) is 1. The first-order valence-electron chi connectivity index (χ1n) is 5.56. The third kappa shape index (κ3) is 3.18. The molecule has 0 bridgehead atoms. The van der Waals surface area contributed by atoms with Gasteiger partial charge in [0.25, 0.3) is 0 Å². The summed E-state index contributed by atoms with van der Waals surface area (Å²) in [7, 11) is 0. The number of aromatic nitrogens is 1. The number of hydrogen-bond donors (Lipinski definition) is 0. The Hall–Kier alpha value is -2.28. The third-order valence-corrected chi connectivity index (χ3v) is 2.94. The molecule has 0 unspecified atom stereocenters. The number of halogens is 1. The van der Waals surface area contributed by atoms with E-state index in [1.165, 1.54) is 37.4 Å². The van der Waals surface area contributed by atoms with E-state index in [0.29, 0.717) is 15.9 Å². The molecule has 20 heavy (non-hydrogen) atoms. The van der Waals surface area contributed by atoms with E-state index >= 15 is 0 Å². The fraction of sp³-hybridized carbons (Fsp3) is 0.0769. The van der Waals surface area contributed by atoms with Crippen LogP contribution in [0.3, 0.4) is 0 Å². The lowest BCUT2D eigenvalue weighted by molar-refractivity contribution is -0.385. The Morgan fingerprint density at radius 3 is 2.65 bits per heavy atom. The molecule has 0 saturated heterocycles. The minimum Gasteiger partial charge on any atom is -0.449 e.